The van der Waals surface area contributed by atoms with Gasteiger partial charge in [0, 0.05) is 34.5 Å². The van der Waals surface area contributed by atoms with Gasteiger partial charge in [0.15, 0.2) is 5.82 Å². The summed E-state index contributed by atoms with van der Waals surface area (Å²) < 4.78 is 1.06. The Morgan fingerprint density at radius 3 is 2.32 bits per heavy atom. The van der Waals surface area contributed by atoms with Crippen molar-refractivity contribution < 1.29 is 0 Å². The van der Waals surface area contributed by atoms with Crippen LogP contribution in [0.1, 0.15) is 19.4 Å². The maximum absolute atomic E-state index is 4.41. The molecular formula is C15H18BrN3. The Hall–Kier alpha value is -1.26. The number of nitrogens with one attached hydrogen (secondary N) is 1. The average molecular weight is 320 g/mol. The van der Waals surface area contributed by atoms with Gasteiger partial charge in [-0.05, 0) is 24.6 Å². The van der Waals surface area contributed by atoms with E-state index in [4.69, 9.17) is 0 Å². The lowest BCUT2D eigenvalue weighted by molar-refractivity contribution is 0.551. The Morgan fingerprint density at radius 1 is 1.11 bits per heavy atom. The molecule has 0 bridgehead atoms. The van der Waals surface area contributed by atoms with Gasteiger partial charge in [-0.2, -0.15) is 0 Å². The van der Waals surface area contributed by atoms with Crippen molar-refractivity contribution >= 4 is 15.9 Å². The molecule has 2 aromatic rings. The van der Waals surface area contributed by atoms with Crippen LogP contribution in [0, 0.1) is 5.92 Å². The van der Waals surface area contributed by atoms with Crippen LogP contribution < -0.4 is 5.32 Å². The fourth-order valence-corrected chi connectivity index (χ4v) is 1.96. The highest BCUT2D eigenvalue weighted by atomic mass is 79.9. The largest absolute Gasteiger partial charge is 0.312 e. The van der Waals surface area contributed by atoms with Gasteiger partial charge in [0.25, 0.3) is 0 Å². The smallest absolute Gasteiger partial charge is 0.159 e. The monoisotopic (exact) mass is 319 g/mol. The van der Waals surface area contributed by atoms with Crippen molar-refractivity contribution in [3.8, 4) is 11.4 Å². The topological polar surface area (TPSA) is 37.8 Å². The second-order valence-electron chi connectivity index (χ2n) is 4.95. The summed E-state index contributed by atoms with van der Waals surface area (Å²) in [6.45, 7) is 6.22. The van der Waals surface area contributed by atoms with Gasteiger partial charge in [0.1, 0.15) is 0 Å². The molecule has 0 aliphatic carbocycles. The lowest BCUT2D eigenvalue weighted by atomic mass is 10.2. The van der Waals surface area contributed by atoms with E-state index in [1.165, 1.54) is 0 Å². The molecule has 19 heavy (non-hydrogen) atoms. The molecule has 1 N–H and O–H groups in total. The highest BCUT2D eigenvalue weighted by Crippen LogP contribution is 2.17. The molecule has 0 fully saturated rings. The van der Waals surface area contributed by atoms with Gasteiger partial charge < -0.3 is 5.32 Å². The van der Waals surface area contributed by atoms with Gasteiger partial charge >= 0.3 is 0 Å². The Labute approximate surface area is 122 Å². The second kappa shape index (κ2) is 6.78. The third-order valence-electron chi connectivity index (χ3n) is 2.69. The van der Waals surface area contributed by atoms with Gasteiger partial charge in [-0.15, -0.1) is 0 Å². The van der Waals surface area contributed by atoms with Gasteiger partial charge in [0.05, 0.1) is 0 Å². The molecule has 0 unspecified atom stereocenters. The van der Waals surface area contributed by atoms with Crippen molar-refractivity contribution in [1.82, 2.24) is 15.3 Å². The number of nitrogens with zero attached hydrogens (tertiary/aromatic N) is 2. The molecule has 0 aliphatic heterocycles. The predicted molar refractivity (Wildman–Crippen MR) is 81.7 cm³/mol. The van der Waals surface area contributed by atoms with Crippen molar-refractivity contribution in [3.63, 3.8) is 0 Å². The van der Waals surface area contributed by atoms with Crippen LogP contribution >= 0.6 is 15.9 Å². The summed E-state index contributed by atoms with van der Waals surface area (Å²) >= 11 is 3.42. The van der Waals surface area contributed by atoms with Crippen LogP contribution in [0.2, 0.25) is 0 Å². The summed E-state index contributed by atoms with van der Waals surface area (Å²) in [7, 11) is 0. The number of benzene rings is 1. The van der Waals surface area contributed by atoms with E-state index in [0.29, 0.717) is 5.92 Å². The third-order valence-corrected chi connectivity index (χ3v) is 3.22. The summed E-state index contributed by atoms with van der Waals surface area (Å²) in [5, 5.41) is 3.38. The van der Waals surface area contributed by atoms with Crippen molar-refractivity contribution in [2.75, 3.05) is 6.54 Å². The third kappa shape index (κ3) is 4.40. The molecule has 3 nitrogen and oxygen atoms in total. The van der Waals surface area contributed by atoms with Crippen molar-refractivity contribution in [3.05, 3.63) is 46.7 Å². The molecule has 100 valence electrons. The van der Waals surface area contributed by atoms with Crippen LogP contribution in [0.4, 0.5) is 0 Å². The molecule has 0 spiro atoms. The quantitative estimate of drug-likeness (QED) is 0.914. The minimum Gasteiger partial charge on any atom is -0.312 e. The predicted octanol–water partition coefficient (Wildman–Crippen LogP) is 3.65. The van der Waals surface area contributed by atoms with E-state index in [9.17, 15) is 0 Å². The maximum Gasteiger partial charge on any atom is 0.159 e. The average Bonchev–Trinajstić information content (AvgIpc) is 2.40. The molecule has 4 heteroatoms. The molecule has 1 aromatic heterocycles. The zero-order chi connectivity index (χ0) is 13.7. The minimum atomic E-state index is 0.656. The van der Waals surface area contributed by atoms with Crippen molar-refractivity contribution in [2.24, 2.45) is 5.92 Å². The lowest BCUT2D eigenvalue weighted by Gasteiger charge is -2.07. The molecule has 1 heterocycles. The molecule has 2 rings (SSSR count). The van der Waals surface area contributed by atoms with Crippen LogP contribution in [0.15, 0.2) is 41.1 Å². The zero-order valence-electron chi connectivity index (χ0n) is 11.2. The Morgan fingerprint density at radius 2 is 1.74 bits per heavy atom. The van der Waals surface area contributed by atoms with Crippen LogP contribution in [0.3, 0.4) is 0 Å². The highest BCUT2D eigenvalue weighted by Gasteiger charge is 2.01. The number of rotatable bonds is 5. The number of hydrogen-bond donors (Lipinski definition) is 1. The van der Waals surface area contributed by atoms with Gasteiger partial charge in [-0.25, -0.2) is 9.97 Å². The number of halogens is 1. The minimum absolute atomic E-state index is 0.656. The summed E-state index contributed by atoms with van der Waals surface area (Å²) in [6.07, 6.45) is 3.77. The Balaban J connectivity index is 2.00. The molecule has 0 radical (unpaired) electrons. The number of hydrogen-bond acceptors (Lipinski definition) is 3. The normalized spacial score (nSPS) is 10.9. The van der Waals surface area contributed by atoms with Crippen molar-refractivity contribution in [1.29, 1.82) is 0 Å². The van der Waals surface area contributed by atoms with Gasteiger partial charge in [-0.3, -0.25) is 0 Å². The van der Waals surface area contributed by atoms with Gasteiger partial charge in [-0.1, -0.05) is 41.9 Å². The van der Waals surface area contributed by atoms with Crippen molar-refractivity contribution in [2.45, 2.75) is 20.4 Å². The molecular weight excluding hydrogens is 302 g/mol. The summed E-state index contributed by atoms with van der Waals surface area (Å²) in [6, 6.07) is 8.01. The second-order valence-corrected chi connectivity index (χ2v) is 5.86. The fraction of sp³-hybridized carbons (Fsp3) is 0.333. The number of aromatic nitrogens is 2. The Bertz CT molecular complexity index is 506. The van der Waals surface area contributed by atoms with E-state index in [1.807, 2.05) is 36.7 Å². The summed E-state index contributed by atoms with van der Waals surface area (Å²) in [5.41, 5.74) is 2.14. The van der Waals surface area contributed by atoms with Crippen LogP contribution in [0.25, 0.3) is 11.4 Å². The van der Waals surface area contributed by atoms with Crippen LogP contribution in [0.5, 0.6) is 0 Å². The molecule has 0 saturated heterocycles. The van der Waals surface area contributed by atoms with E-state index < -0.39 is 0 Å². The first-order chi connectivity index (χ1) is 9.15. The summed E-state index contributed by atoms with van der Waals surface area (Å²) in [4.78, 5) is 8.82. The van der Waals surface area contributed by atoms with Gasteiger partial charge in [0.2, 0.25) is 0 Å². The fourth-order valence-electron chi connectivity index (χ4n) is 1.70. The molecule has 1 aromatic carbocycles. The van der Waals surface area contributed by atoms with Crippen LogP contribution in [-0.2, 0) is 6.54 Å². The SMILES string of the molecule is CC(C)CNCc1cnc(-c2ccc(Br)cc2)nc1. The van der Waals surface area contributed by atoms with Crippen LogP contribution in [-0.4, -0.2) is 16.5 Å². The maximum atomic E-state index is 4.41. The zero-order valence-corrected chi connectivity index (χ0v) is 12.8. The molecule has 0 saturated carbocycles. The first kappa shape index (κ1) is 14.2. The molecule has 0 atom stereocenters. The van der Waals surface area contributed by atoms with E-state index in [1.54, 1.807) is 0 Å². The molecule has 0 aliphatic rings. The van der Waals surface area contributed by atoms with E-state index in [0.717, 1.165) is 34.5 Å². The lowest BCUT2D eigenvalue weighted by Crippen LogP contribution is -2.19. The van der Waals surface area contributed by atoms with E-state index >= 15 is 0 Å². The first-order valence-corrected chi connectivity index (χ1v) is 7.22. The molecule has 0 amide bonds. The van der Waals surface area contributed by atoms with E-state index in [-0.39, 0.29) is 0 Å². The standard InChI is InChI=1S/C15H18BrN3/c1-11(2)7-17-8-12-9-18-15(19-10-12)13-3-5-14(16)6-4-13/h3-6,9-11,17H,7-8H2,1-2H3. The highest BCUT2D eigenvalue weighted by molar-refractivity contribution is 9.10. The summed E-state index contributed by atoms with van der Waals surface area (Å²) in [5.74, 6) is 1.42. The van der Waals surface area contributed by atoms with E-state index in [2.05, 4.69) is 45.1 Å². The Kier molecular flexibility index (Phi) is 5.05. The first-order valence-electron chi connectivity index (χ1n) is 6.42.